The number of carbonyl (C=O) groups is 1. The molecule has 0 spiro atoms. The SMILES string of the molecule is Nc1cnn(CCNC(=O)c2cc(Br)ccc2Cl)c1. The topological polar surface area (TPSA) is 72.9 Å². The molecule has 0 aliphatic heterocycles. The molecule has 5 nitrogen and oxygen atoms in total. The van der Waals surface area contributed by atoms with Gasteiger partial charge < -0.3 is 11.1 Å². The molecule has 0 radical (unpaired) electrons. The minimum atomic E-state index is -0.216. The monoisotopic (exact) mass is 342 g/mol. The maximum absolute atomic E-state index is 11.9. The second-order valence-corrected chi connectivity index (χ2v) is 5.24. The Kier molecular flexibility index (Phi) is 4.44. The van der Waals surface area contributed by atoms with Crippen molar-refractivity contribution in [3.63, 3.8) is 0 Å². The van der Waals surface area contributed by atoms with Crippen molar-refractivity contribution in [2.75, 3.05) is 12.3 Å². The fourth-order valence-electron chi connectivity index (χ4n) is 1.55. The van der Waals surface area contributed by atoms with E-state index in [2.05, 4.69) is 26.3 Å². The molecule has 2 rings (SSSR count). The summed E-state index contributed by atoms with van der Waals surface area (Å²) in [4.78, 5) is 11.9. The summed E-state index contributed by atoms with van der Waals surface area (Å²) in [6, 6.07) is 5.14. The molecule has 1 heterocycles. The molecule has 19 heavy (non-hydrogen) atoms. The summed E-state index contributed by atoms with van der Waals surface area (Å²) in [5, 5.41) is 7.22. The van der Waals surface area contributed by atoms with Crippen LogP contribution in [0.2, 0.25) is 5.02 Å². The second kappa shape index (κ2) is 6.08. The number of hydrogen-bond acceptors (Lipinski definition) is 3. The van der Waals surface area contributed by atoms with Crippen LogP contribution in [0.15, 0.2) is 35.1 Å². The van der Waals surface area contributed by atoms with Crippen LogP contribution in [0.4, 0.5) is 5.69 Å². The van der Waals surface area contributed by atoms with Gasteiger partial charge in [0.1, 0.15) is 0 Å². The summed E-state index contributed by atoms with van der Waals surface area (Å²) in [5.41, 5.74) is 6.58. The first-order chi connectivity index (χ1) is 9.06. The maximum Gasteiger partial charge on any atom is 0.252 e. The molecule has 0 aliphatic rings. The Morgan fingerprint density at radius 2 is 2.32 bits per heavy atom. The predicted molar refractivity (Wildman–Crippen MR) is 78.1 cm³/mol. The van der Waals surface area contributed by atoms with Crippen molar-refractivity contribution >= 4 is 39.1 Å². The van der Waals surface area contributed by atoms with Crippen LogP contribution in [-0.2, 0) is 6.54 Å². The first-order valence-electron chi connectivity index (χ1n) is 5.57. The molecule has 0 fully saturated rings. The number of aromatic nitrogens is 2. The Bertz CT molecular complexity index is 599. The number of halogens is 2. The number of amides is 1. The van der Waals surface area contributed by atoms with Gasteiger partial charge in [0.2, 0.25) is 0 Å². The Morgan fingerprint density at radius 3 is 3.00 bits per heavy atom. The third-order valence-corrected chi connectivity index (χ3v) is 3.28. The highest BCUT2D eigenvalue weighted by Gasteiger charge is 2.10. The fourth-order valence-corrected chi connectivity index (χ4v) is 2.12. The molecular formula is C12H12BrClN4O. The summed E-state index contributed by atoms with van der Waals surface area (Å²) in [7, 11) is 0. The quantitative estimate of drug-likeness (QED) is 0.895. The molecule has 0 bridgehead atoms. The second-order valence-electron chi connectivity index (χ2n) is 3.92. The average Bonchev–Trinajstić information content (AvgIpc) is 2.78. The molecular weight excluding hydrogens is 332 g/mol. The lowest BCUT2D eigenvalue weighted by Crippen LogP contribution is -2.27. The zero-order chi connectivity index (χ0) is 13.8. The summed E-state index contributed by atoms with van der Waals surface area (Å²) < 4.78 is 2.47. The Morgan fingerprint density at radius 1 is 1.53 bits per heavy atom. The van der Waals surface area contributed by atoms with Crippen molar-refractivity contribution in [3.8, 4) is 0 Å². The van der Waals surface area contributed by atoms with E-state index in [4.69, 9.17) is 17.3 Å². The number of nitrogens with one attached hydrogen (secondary N) is 1. The van der Waals surface area contributed by atoms with Crippen LogP contribution in [0, 0.1) is 0 Å². The molecule has 1 amide bonds. The number of nitrogen functional groups attached to an aromatic ring is 1. The smallest absolute Gasteiger partial charge is 0.252 e. The van der Waals surface area contributed by atoms with E-state index in [-0.39, 0.29) is 5.91 Å². The van der Waals surface area contributed by atoms with Crippen LogP contribution in [0.3, 0.4) is 0 Å². The molecule has 0 aliphatic carbocycles. The van der Waals surface area contributed by atoms with Crippen LogP contribution >= 0.6 is 27.5 Å². The zero-order valence-electron chi connectivity index (χ0n) is 9.94. The third kappa shape index (κ3) is 3.71. The average molecular weight is 344 g/mol. The maximum atomic E-state index is 11.9. The van der Waals surface area contributed by atoms with Crippen LogP contribution in [0.1, 0.15) is 10.4 Å². The van der Waals surface area contributed by atoms with Gasteiger partial charge in [-0.2, -0.15) is 5.10 Å². The minimum absolute atomic E-state index is 0.216. The van der Waals surface area contributed by atoms with Gasteiger partial charge in [0.05, 0.1) is 29.0 Å². The van der Waals surface area contributed by atoms with E-state index < -0.39 is 0 Å². The van der Waals surface area contributed by atoms with Gasteiger partial charge in [-0.05, 0) is 18.2 Å². The Hall–Kier alpha value is -1.53. The standard InChI is InChI=1S/C12H12BrClN4O/c13-8-1-2-11(14)10(5-8)12(19)16-3-4-18-7-9(15)6-17-18/h1-2,5-7H,3-4,15H2,(H,16,19). The van der Waals surface area contributed by atoms with Crippen molar-refractivity contribution < 1.29 is 4.79 Å². The number of carbonyl (C=O) groups excluding carboxylic acids is 1. The lowest BCUT2D eigenvalue weighted by molar-refractivity contribution is 0.0952. The van der Waals surface area contributed by atoms with Crippen molar-refractivity contribution in [1.82, 2.24) is 15.1 Å². The van der Waals surface area contributed by atoms with Crippen LogP contribution < -0.4 is 11.1 Å². The normalized spacial score (nSPS) is 10.4. The highest BCUT2D eigenvalue weighted by molar-refractivity contribution is 9.10. The zero-order valence-corrected chi connectivity index (χ0v) is 12.3. The Labute approximate surface area is 123 Å². The van der Waals surface area contributed by atoms with Crippen LogP contribution in [-0.4, -0.2) is 22.2 Å². The highest BCUT2D eigenvalue weighted by atomic mass is 79.9. The number of nitrogens with zero attached hydrogens (tertiary/aromatic N) is 2. The van der Waals surface area contributed by atoms with Gasteiger partial charge in [0, 0.05) is 17.2 Å². The molecule has 3 N–H and O–H groups in total. The molecule has 7 heteroatoms. The number of nitrogens with two attached hydrogens (primary N) is 1. The lowest BCUT2D eigenvalue weighted by atomic mass is 10.2. The summed E-state index contributed by atoms with van der Waals surface area (Å²) in [5.74, 6) is -0.216. The molecule has 2 aromatic rings. The molecule has 0 saturated heterocycles. The fraction of sp³-hybridized carbons (Fsp3) is 0.167. The highest BCUT2D eigenvalue weighted by Crippen LogP contribution is 2.20. The molecule has 1 aromatic heterocycles. The first-order valence-corrected chi connectivity index (χ1v) is 6.74. The van der Waals surface area contributed by atoms with Crippen molar-refractivity contribution in [3.05, 3.63) is 45.7 Å². The van der Waals surface area contributed by atoms with Gasteiger partial charge in [0.15, 0.2) is 0 Å². The van der Waals surface area contributed by atoms with Gasteiger partial charge in [0.25, 0.3) is 5.91 Å². The summed E-state index contributed by atoms with van der Waals surface area (Å²) >= 11 is 9.28. The van der Waals surface area contributed by atoms with E-state index in [9.17, 15) is 4.79 Å². The molecule has 100 valence electrons. The number of hydrogen-bond donors (Lipinski definition) is 2. The number of anilines is 1. The largest absolute Gasteiger partial charge is 0.396 e. The van der Waals surface area contributed by atoms with E-state index in [1.807, 2.05) is 0 Å². The van der Waals surface area contributed by atoms with Gasteiger partial charge >= 0.3 is 0 Å². The van der Waals surface area contributed by atoms with Crippen molar-refractivity contribution in [2.24, 2.45) is 0 Å². The van der Waals surface area contributed by atoms with Gasteiger partial charge in [-0.1, -0.05) is 27.5 Å². The Balaban J connectivity index is 1.92. The molecule has 0 atom stereocenters. The number of rotatable bonds is 4. The van der Waals surface area contributed by atoms with Crippen molar-refractivity contribution in [2.45, 2.75) is 6.54 Å². The van der Waals surface area contributed by atoms with E-state index in [0.717, 1.165) is 4.47 Å². The number of benzene rings is 1. The van der Waals surface area contributed by atoms with E-state index in [0.29, 0.717) is 29.4 Å². The minimum Gasteiger partial charge on any atom is -0.396 e. The third-order valence-electron chi connectivity index (χ3n) is 2.45. The van der Waals surface area contributed by atoms with Crippen LogP contribution in [0.25, 0.3) is 0 Å². The molecule has 0 unspecified atom stereocenters. The van der Waals surface area contributed by atoms with E-state index >= 15 is 0 Å². The van der Waals surface area contributed by atoms with E-state index in [1.165, 1.54) is 0 Å². The van der Waals surface area contributed by atoms with E-state index in [1.54, 1.807) is 35.3 Å². The van der Waals surface area contributed by atoms with Gasteiger partial charge in [-0.15, -0.1) is 0 Å². The summed E-state index contributed by atoms with van der Waals surface area (Å²) in [6.07, 6.45) is 3.27. The molecule has 1 aromatic carbocycles. The summed E-state index contributed by atoms with van der Waals surface area (Å²) in [6.45, 7) is 0.997. The predicted octanol–water partition coefficient (Wildman–Crippen LogP) is 2.31. The van der Waals surface area contributed by atoms with Crippen molar-refractivity contribution in [1.29, 1.82) is 0 Å². The lowest BCUT2D eigenvalue weighted by Gasteiger charge is -2.07. The first kappa shape index (κ1) is 13.9. The molecule has 0 saturated carbocycles. The van der Waals surface area contributed by atoms with Gasteiger partial charge in [-0.25, -0.2) is 0 Å². The van der Waals surface area contributed by atoms with Gasteiger partial charge in [-0.3, -0.25) is 9.48 Å². The van der Waals surface area contributed by atoms with Crippen LogP contribution in [0.5, 0.6) is 0 Å².